The molecule has 0 bridgehead atoms. The molecule has 34 heavy (non-hydrogen) atoms. The zero-order valence-corrected chi connectivity index (χ0v) is 18.9. The van der Waals surface area contributed by atoms with Crippen LogP contribution in [-0.4, -0.2) is 68.3 Å². The molecule has 0 aromatic heterocycles. The van der Waals surface area contributed by atoms with Crippen LogP contribution in [0, 0.1) is 0 Å². The van der Waals surface area contributed by atoms with Crippen LogP contribution < -0.4 is 9.47 Å². The first-order valence-corrected chi connectivity index (χ1v) is 10.8. The number of benzene rings is 2. The summed E-state index contributed by atoms with van der Waals surface area (Å²) in [7, 11) is 2.84. The minimum atomic E-state index is -0.836. The molecular weight excluding hydrogens is 442 g/mol. The van der Waals surface area contributed by atoms with Gasteiger partial charge in [-0.05, 0) is 42.3 Å². The predicted octanol–water partition coefficient (Wildman–Crippen LogP) is 2.70. The maximum atomic E-state index is 13.1. The Labute approximate surface area is 196 Å². The number of carbonyl (C=O) groups is 3. The molecule has 178 valence electrons. The summed E-state index contributed by atoms with van der Waals surface area (Å²) < 4.78 is 20.9. The highest BCUT2D eigenvalue weighted by molar-refractivity contribution is 6.46. The SMILES string of the molecule is COCCCN1C(=O)C(=O)C(=C(O)c2ccc3c(c2)OCCO3)C1c1ccc(C(=O)OC)cc1. The number of nitrogens with zero attached hydrogens (tertiary/aromatic N) is 1. The molecule has 0 spiro atoms. The molecule has 0 radical (unpaired) electrons. The Kier molecular flexibility index (Phi) is 6.83. The Hall–Kier alpha value is -3.85. The van der Waals surface area contributed by atoms with Gasteiger partial charge < -0.3 is 29.0 Å². The summed E-state index contributed by atoms with van der Waals surface area (Å²) in [5.74, 6) is -1.32. The lowest BCUT2D eigenvalue weighted by Crippen LogP contribution is -2.31. The number of hydrogen-bond donors (Lipinski definition) is 1. The van der Waals surface area contributed by atoms with E-state index in [2.05, 4.69) is 0 Å². The quantitative estimate of drug-likeness (QED) is 0.218. The number of esters is 1. The van der Waals surface area contributed by atoms with E-state index >= 15 is 0 Å². The highest BCUT2D eigenvalue weighted by Gasteiger charge is 2.45. The van der Waals surface area contributed by atoms with Gasteiger partial charge in [-0.1, -0.05) is 12.1 Å². The molecule has 2 heterocycles. The third-order valence-corrected chi connectivity index (χ3v) is 5.75. The lowest BCUT2D eigenvalue weighted by atomic mass is 9.94. The smallest absolute Gasteiger partial charge is 0.337 e. The minimum absolute atomic E-state index is 0.0371. The number of aliphatic hydroxyl groups is 1. The molecule has 1 fully saturated rings. The minimum Gasteiger partial charge on any atom is -0.507 e. The average Bonchev–Trinajstić information content (AvgIpc) is 3.12. The van der Waals surface area contributed by atoms with E-state index in [1.54, 1.807) is 49.6 Å². The van der Waals surface area contributed by atoms with Crippen molar-refractivity contribution in [3.63, 3.8) is 0 Å². The first-order chi connectivity index (χ1) is 16.5. The third kappa shape index (κ3) is 4.34. The lowest BCUT2D eigenvalue weighted by molar-refractivity contribution is -0.140. The van der Waals surface area contributed by atoms with E-state index < -0.39 is 23.7 Å². The van der Waals surface area contributed by atoms with Crippen LogP contribution in [0.15, 0.2) is 48.0 Å². The van der Waals surface area contributed by atoms with Crippen molar-refractivity contribution in [1.29, 1.82) is 0 Å². The molecular formula is C25H25NO8. The van der Waals surface area contributed by atoms with Gasteiger partial charge in [-0.2, -0.15) is 0 Å². The van der Waals surface area contributed by atoms with Crippen molar-refractivity contribution in [2.75, 3.05) is 40.6 Å². The van der Waals surface area contributed by atoms with Crippen molar-refractivity contribution in [3.8, 4) is 11.5 Å². The van der Waals surface area contributed by atoms with E-state index in [0.717, 1.165) is 0 Å². The molecule has 4 rings (SSSR count). The standard InChI is InChI=1S/C25H25NO8/c1-31-11-3-10-26-21(15-4-6-16(7-5-15)25(30)32-2)20(23(28)24(26)29)22(27)17-8-9-18-19(14-17)34-13-12-33-18/h4-9,14,21,27H,3,10-13H2,1-2H3. The Morgan fingerprint density at radius 3 is 2.38 bits per heavy atom. The van der Waals surface area contributed by atoms with Crippen LogP contribution in [0.2, 0.25) is 0 Å². The second-order valence-electron chi connectivity index (χ2n) is 7.81. The van der Waals surface area contributed by atoms with Gasteiger partial charge in [0.2, 0.25) is 0 Å². The summed E-state index contributed by atoms with van der Waals surface area (Å²) in [5.41, 5.74) is 1.19. The van der Waals surface area contributed by atoms with Gasteiger partial charge in [-0.25, -0.2) is 4.79 Å². The number of amides is 1. The number of ether oxygens (including phenoxy) is 4. The van der Waals surface area contributed by atoms with Gasteiger partial charge in [0, 0.05) is 25.8 Å². The molecule has 1 atom stereocenters. The third-order valence-electron chi connectivity index (χ3n) is 5.75. The number of rotatable bonds is 7. The second kappa shape index (κ2) is 9.96. The van der Waals surface area contributed by atoms with Crippen LogP contribution in [0.5, 0.6) is 11.5 Å². The van der Waals surface area contributed by atoms with Crippen molar-refractivity contribution < 1.29 is 38.4 Å². The summed E-state index contributed by atoms with van der Waals surface area (Å²) >= 11 is 0. The molecule has 9 nitrogen and oxygen atoms in total. The average molecular weight is 467 g/mol. The van der Waals surface area contributed by atoms with Crippen LogP contribution in [0.25, 0.3) is 5.76 Å². The lowest BCUT2D eigenvalue weighted by Gasteiger charge is -2.25. The van der Waals surface area contributed by atoms with Crippen molar-refractivity contribution in [2.45, 2.75) is 12.5 Å². The number of likely N-dealkylation sites (tertiary alicyclic amines) is 1. The van der Waals surface area contributed by atoms with Gasteiger partial charge in [-0.15, -0.1) is 0 Å². The summed E-state index contributed by atoms with van der Waals surface area (Å²) in [5, 5.41) is 11.2. The molecule has 2 aromatic carbocycles. The molecule has 1 saturated heterocycles. The van der Waals surface area contributed by atoms with E-state index in [-0.39, 0.29) is 17.9 Å². The van der Waals surface area contributed by atoms with E-state index in [4.69, 9.17) is 18.9 Å². The number of Topliss-reactive ketones (excluding diaryl/α,β-unsaturated/α-hetero) is 1. The molecule has 1 N–H and O–H groups in total. The van der Waals surface area contributed by atoms with Crippen LogP contribution in [0.1, 0.15) is 33.9 Å². The normalized spacial score (nSPS) is 18.8. The molecule has 1 amide bonds. The van der Waals surface area contributed by atoms with Gasteiger partial charge in [-0.3, -0.25) is 9.59 Å². The van der Waals surface area contributed by atoms with Gasteiger partial charge in [0.05, 0.1) is 24.3 Å². The Bertz CT molecular complexity index is 1140. The highest BCUT2D eigenvalue weighted by Crippen LogP contribution is 2.41. The van der Waals surface area contributed by atoms with E-state index in [0.29, 0.717) is 54.4 Å². The molecule has 2 aliphatic rings. The molecule has 0 saturated carbocycles. The second-order valence-corrected chi connectivity index (χ2v) is 7.81. The van der Waals surface area contributed by atoms with Crippen molar-refractivity contribution >= 4 is 23.4 Å². The van der Waals surface area contributed by atoms with E-state index in [9.17, 15) is 19.5 Å². The van der Waals surface area contributed by atoms with E-state index in [1.165, 1.54) is 12.0 Å². The summed E-state index contributed by atoms with van der Waals surface area (Å²) in [4.78, 5) is 39.3. The fourth-order valence-electron chi connectivity index (χ4n) is 4.10. The van der Waals surface area contributed by atoms with Crippen molar-refractivity contribution in [1.82, 2.24) is 4.90 Å². The maximum absolute atomic E-state index is 13.1. The number of ketones is 1. The molecule has 1 unspecified atom stereocenters. The molecule has 2 aliphatic heterocycles. The monoisotopic (exact) mass is 467 g/mol. The van der Waals surface area contributed by atoms with Crippen molar-refractivity contribution in [2.24, 2.45) is 0 Å². The van der Waals surface area contributed by atoms with Gasteiger partial charge >= 0.3 is 5.97 Å². The van der Waals surface area contributed by atoms with Crippen LogP contribution >= 0.6 is 0 Å². The van der Waals surface area contributed by atoms with Crippen LogP contribution in [0.3, 0.4) is 0 Å². The summed E-state index contributed by atoms with van der Waals surface area (Å²) in [6.45, 7) is 1.44. The largest absolute Gasteiger partial charge is 0.507 e. The summed E-state index contributed by atoms with van der Waals surface area (Å²) in [6.07, 6.45) is 0.504. The van der Waals surface area contributed by atoms with Crippen LogP contribution in [0.4, 0.5) is 0 Å². The topological polar surface area (TPSA) is 112 Å². The number of hydrogen-bond acceptors (Lipinski definition) is 8. The summed E-state index contributed by atoms with van der Waals surface area (Å²) in [6, 6.07) is 10.4. The number of carbonyl (C=O) groups excluding carboxylic acids is 3. The fraction of sp³-hybridized carbons (Fsp3) is 0.320. The zero-order chi connectivity index (χ0) is 24.2. The van der Waals surface area contributed by atoms with E-state index in [1.807, 2.05) is 0 Å². The van der Waals surface area contributed by atoms with Gasteiger partial charge in [0.1, 0.15) is 19.0 Å². The Morgan fingerprint density at radius 1 is 1.03 bits per heavy atom. The number of fused-ring (bicyclic) bond motifs is 1. The molecule has 2 aromatic rings. The Balaban J connectivity index is 1.79. The first-order valence-electron chi connectivity index (χ1n) is 10.8. The Morgan fingerprint density at radius 2 is 1.71 bits per heavy atom. The van der Waals surface area contributed by atoms with Gasteiger partial charge in [0.15, 0.2) is 11.5 Å². The maximum Gasteiger partial charge on any atom is 0.337 e. The zero-order valence-electron chi connectivity index (χ0n) is 18.9. The molecule has 9 heteroatoms. The predicted molar refractivity (Wildman–Crippen MR) is 121 cm³/mol. The first kappa shape index (κ1) is 23.3. The van der Waals surface area contributed by atoms with Crippen LogP contribution in [-0.2, 0) is 19.1 Å². The highest BCUT2D eigenvalue weighted by atomic mass is 16.6. The number of methoxy groups -OCH3 is 2. The van der Waals surface area contributed by atoms with Crippen molar-refractivity contribution in [3.05, 3.63) is 64.7 Å². The molecule has 0 aliphatic carbocycles. The number of aliphatic hydroxyl groups excluding tert-OH is 1. The van der Waals surface area contributed by atoms with Gasteiger partial charge in [0.25, 0.3) is 11.7 Å². The fourth-order valence-corrected chi connectivity index (χ4v) is 4.10.